The number of aromatic nitrogens is 6. The molecule has 202 valence electrons. The topological polar surface area (TPSA) is 154 Å². The number of carbonyl (C=O) groups excluding carboxylic acids is 1. The standard InChI is InChI=1S/C27H28N6O6/c1-26(2)27(3,36)24(38-22-14-13-21(34)28-29-22)19-16-17(11-12-20(19)39-26)25-30-31-32-33(25)15-7-10-23(35)37-18-8-5-4-6-9-18/h4-6,8-9,11-14,16,24,36H,7,10,15H2,1-3H3,(H,28,34)/t24-,27+/m1/s1. The van der Waals surface area contributed by atoms with Gasteiger partial charge in [-0.25, -0.2) is 9.78 Å². The summed E-state index contributed by atoms with van der Waals surface area (Å²) in [5, 5.41) is 29.9. The summed E-state index contributed by atoms with van der Waals surface area (Å²) in [6.07, 6.45) is -0.247. The maximum absolute atomic E-state index is 12.2. The molecule has 0 bridgehead atoms. The van der Waals surface area contributed by atoms with E-state index in [1.807, 2.05) is 12.1 Å². The molecule has 0 saturated heterocycles. The van der Waals surface area contributed by atoms with Gasteiger partial charge in [0.2, 0.25) is 5.88 Å². The molecule has 39 heavy (non-hydrogen) atoms. The van der Waals surface area contributed by atoms with Crippen LogP contribution in [0.15, 0.2) is 65.5 Å². The fourth-order valence-electron chi connectivity index (χ4n) is 4.28. The molecule has 5 rings (SSSR count). The fraction of sp³-hybridized carbons (Fsp3) is 0.333. The highest BCUT2D eigenvalue weighted by atomic mass is 16.6. The van der Waals surface area contributed by atoms with E-state index in [4.69, 9.17) is 14.2 Å². The Balaban J connectivity index is 1.37. The second kappa shape index (κ2) is 10.3. The number of aromatic amines is 1. The Labute approximate surface area is 223 Å². The summed E-state index contributed by atoms with van der Waals surface area (Å²) in [5.41, 5.74) is -1.64. The van der Waals surface area contributed by atoms with E-state index in [2.05, 4.69) is 25.7 Å². The third-order valence-corrected chi connectivity index (χ3v) is 6.79. The van der Waals surface area contributed by atoms with Crippen LogP contribution in [0.5, 0.6) is 17.4 Å². The summed E-state index contributed by atoms with van der Waals surface area (Å²) in [6, 6.07) is 17.0. The lowest BCUT2D eigenvalue weighted by Crippen LogP contribution is -2.59. The van der Waals surface area contributed by atoms with Crippen LogP contribution in [0.2, 0.25) is 0 Å². The number of benzene rings is 2. The lowest BCUT2D eigenvalue weighted by molar-refractivity contribution is -0.175. The zero-order valence-corrected chi connectivity index (χ0v) is 21.7. The zero-order valence-electron chi connectivity index (χ0n) is 21.7. The van der Waals surface area contributed by atoms with E-state index >= 15 is 0 Å². The first-order valence-corrected chi connectivity index (χ1v) is 12.4. The van der Waals surface area contributed by atoms with Gasteiger partial charge in [0.15, 0.2) is 11.9 Å². The second-order valence-electron chi connectivity index (χ2n) is 9.89. The molecule has 2 atom stereocenters. The second-order valence-corrected chi connectivity index (χ2v) is 9.89. The predicted molar refractivity (Wildman–Crippen MR) is 138 cm³/mol. The van der Waals surface area contributed by atoms with E-state index in [-0.39, 0.29) is 23.8 Å². The molecule has 2 N–H and O–H groups in total. The summed E-state index contributed by atoms with van der Waals surface area (Å²) in [5.74, 6) is 1.28. The first-order valence-electron chi connectivity index (χ1n) is 12.4. The van der Waals surface area contributed by atoms with Crippen LogP contribution in [-0.4, -0.2) is 52.7 Å². The molecular formula is C27H28N6O6. The van der Waals surface area contributed by atoms with Crippen LogP contribution in [0.1, 0.15) is 45.3 Å². The van der Waals surface area contributed by atoms with Gasteiger partial charge in [-0.05, 0) is 68.0 Å². The van der Waals surface area contributed by atoms with Crippen molar-refractivity contribution in [2.75, 3.05) is 0 Å². The Kier molecular flexibility index (Phi) is 6.87. The number of nitrogens with zero attached hydrogens (tertiary/aromatic N) is 5. The number of nitrogens with one attached hydrogen (secondary N) is 1. The number of fused-ring (bicyclic) bond motifs is 1. The van der Waals surface area contributed by atoms with Gasteiger partial charge < -0.3 is 19.3 Å². The van der Waals surface area contributed by atoms with Gasteiger partial charge in [0.05, 0.1) is 0 Å². The van der Waals surface area contributed by atoms with Crippen LogP contribution in [0.25, 0.3) is 11.4 Å². The normalized spacial score (nSPS) is 19.5. The first kappa shape index (κ1) is 26.0. The Morgan fingerprint density at radius 1 is 1.13 bits per heavy atom. The molecule has 0 unspecified atom stereocenters. The number of ether oxygens (including phenoxy) is 3. The summed E-state index contributed by atoms with van der Waals surface area (Å²) in [7, 11) is 0. The fourth-order valence-corrected chi connectivity index (χ4v) is 4.28. The van der Waals surface area contributed by atoms with Gasteiger partial charge in [-0.3, -0.25) is 9.59 Å². The minimum atomic E-state index is -1.48. The van der Waals surface area contributed by atoms with Gasteiger partial charge in [-0.15, -0.1) is 10.2 Å². The smallest absolute Gasteiger partial charge is 0.311 e. The van der Waals surface area contributed by atoms with Gasteiger partial charge >= 0.3 is 5.97 Å². The highest BCUT2D eigenvalue weighted by molar-refractivity contribution is 5.72. The molecule has 2 aromatic carbocycles. The molecule has 1 aliphatic rings. The van der Waals surface area contributed by atoms with Crippen LogP contribution in [0.3, 0.4) is 0 Å². The Hall–Kier alpha value is -4.58. The first-order chi connectivity index (χ1) is 18.6. The van der Waals surface area contributed by atoms with E-state index in [0.717, 1.165) is 0 Å². The number of carbonyl (C=O) groups is 1. The van der Waals surface area contributed by atoms with E-state index in [1.54, 1.807) is 61.9 Å². The van der Waals surface area contributed by atoms with Crippen molar-refractivity contribution < 1.29 is 24.1 Å². The van der Waals surface area contributed by atoms with Crippen molar-refractivity contribution in [2.45, 2.75) is 57.5 Å². The maximum atomic E-state index is 12.2. The molecule has 1 aliphatic heterocycles. The molecule has 0 amide bonds. The lowest BCUT2D eigenvalue weighted by Gasteiger charge is -2.48. The van der Waals surface area contributed by atoms with Crippen molar-refractivity contribution >= 4 is 5.97 Å². The number of hydrogen-bond acceptors (Lipinski definition) is 10. The van der Waals surface area contributed by atoms with E-state index in [1.165, 1.54) is 12.1 Å². The van der Waals surface area contributed by atoms with Gasteiger partial charge in [-0.2, -0.15) is 0 Å². The highest BCUT2D eigenvalue weighted by Crippen LogP contribution is 2.48. The monoisotopic (exact) mass is 532 g/mol. The Bertz CT molecular complexity index is 1510. The van der Waals surface area contributed by atoms with E-state index in [9.17, 15) is 14.7 Å². The third-order valence-electron chi connectivity index (χ3n) is 6.79. The minimum absolute atomic E-state index is 0.140. The van der Waals surface area contributed by atoms with Crippen LogP contribution in [0.4, 0.5) is 0 Å². The molecule has 3 heterocycles. The number of rotatable bonds is 8. The summed E-state index contributed by atoms with van der Waals surface area (Å²) in [6.45, 7) is 5.54. The molecule has 0 fully saturated rings. The van der Waals surface area contributed by atoms with Crippen LogP contribution in [0, 0.1) is 0 Å². The maximum Gasteiger partial charge on any atom is 0.311 e. The summed E-state index contributed by atoms with van der Waals surface area (Å²) >= 11 is 0. The lowest BCUT2D eigenvalue weighted by atomic mass is 9.76. The van der Waals surface area contributed by atoms with Gasteiger partial charge in [0.1, 0.15) is 22.7 Å². The molecule has 12 nitrogen and oxygen atoms in total. The average molecular weight is 533 g/mol. The van der Waals surface area contributed by atoms with Crippen LogP contribution >= 0.6 is 0 Å². The number of aryl methyl sites for hydroxylation is 1. The number of tetrazole rings is 1. The molecule has 4 aromatic rings. The molecular weight excluding hydrogens is 504 g/mol. The van der Waals surface area contributed by atoms with Crippen molar-refractivity contribution in [3.05, 3.63) is 76.6 Å². The van der Waals surface area contributed by atoms with Gasteiger partial charge in [0.25, 0.3) is 5.56 Å². The summed E-state index contributed by atoms with van der Waals surface area (Å²) < 4.78 is 19.2. The van der Waals surface area contributed by atoms with Crippen molar-refractivity contribution in [3.63, 3.8) is 0 Å². The van der Waals surface area contributed by atoms with Crippen molar-refractivity contribution in [1.82, 2.24) is 30.4 Å². The Morgan fingerprint density at radius 3 is 2.67 bits per heavy atom. The quantitative estimate of drug-likeness (QED) is 0.256. The predicted octanol–water partition coefficient (Wildman–Crippen LogP) is 2.85. The van der Waals surface area contributed by atoms with E-state index in [0.29, 0.717) is 41.4 Å². The van der Waals surface area contributed by atoms with Gasteiger partial charge in [0, 0.05) is 36.2 Å². The number of esters is 1. The number of aliphatic hydroxyl groups is 1. The highest BCUT2D eigenvalue weighted by Gasteiger charge is 2.54. The third kappa shape index (κ3) is 5.36. The largest absolute Gasteiger partial charge is 0.484 e. The van der Waals surface area contributed by atoms with Crippen molar-refractivity contribution in [2.24, 2.45) is 0 Å². The summed E-state index contributed by atoms with van der Waals surface area (Å²) in [4.78, 5) is 23.7. The molecule has 2 aromatic heterocycles. The Morgan fingerprint density at radius 2 is 1.92 bits per heavy atom. The van der Waals surface area contributed by atoms with Gasteiger partial charge in [-0.1, -0.05) is 18.2 Å². The van der Waals surface area contributed by atoms with E-state index < -0.39 is 17.3 Å². The molecule has 0 saturated carbocycles. The molecule has 12 heteroatoms. The minimum Gasteiger partial charge on any atom is -0.484 e. The molecule has 0 aliphatic carbocycles. The average Bonchev–Trinajstić information content (AvgIpc) is 3.37. The molecule has 0 spiro atoms. The zero-order chi connectivity index (χ0) is 27.6. The molecule has 0 radical (unpaired) electrons. The van der Waals surface area contributed by atoms with Crippen LogP contribution in [-0.2, 0) is 11.3 Å². The number of para-hydroxylation sites is 1. The number of hydrogen-bond donors (Lipinski definition) is 2. The van der Waals surface area contributed by atoms with Crippen LogP contribution < -0.4 is 19.8 Å². The number of H-pyrrole nitrogens is 1. The SMILES string of the molecule is CC1(C)Oc2ccc(-c3nnnn3CCCC(=O)Oc3ccccc3)cc2[C@@H](Oc2ccc(=O)[nH]n2)[C@]1(C)O. The van der Waals surface area contributed by atoms with Crippen molar-refractivity contribution in [1.29, 1.82) is 0 Å². The van der Waals surface area contributed by atoms with Crippen molar-refractivity contribution in [3.8, 4) is 28.8 Å².